The number of amides is 1. The summed E-state index contributed by atoms with van der Waals surface area (Å²) in [5.41, 5.74) is -0.431. The summed E-state index contributed by atoms with van der Waals surface area (Å²) in [6.07, 6.45) is 3.07. The highest BCUT2D eigenvalue weighted by Gasteiger charge is 2.28. The van der Waals surface area contributed by atoms with E-state index in [9.17, 15) is 14.0 Å². The molecule has 7 heteroatoms. The van der Waals surface area contributed by atoms with Crippen LogP contribution in [0.1, 0.15) is 23.2 Å². The molecule has 0 aliphatic heterocycles. The van der Waals surface area contributed by atoms with Crippen LogP contribution in [0.15, 0.2) is 12.3 Å². The third kappa shape index (κ3) is 3.40. The van der Waals surface area contributed by atoms with E-state index >= 15 is 0 Å². The number of anilines is 1. The lowest BCUT2D eigenvalue weighted by Crippen LogP contribution is -2.30. The number of hydrogen-bond acceptors (Lipinski definition) is 4. The molecule has 0 spiro atoms. The summed E-state index contributed by atoms with van der Waals surface area (Å²) in [4.78, 5) is 25.8. The lowest BCUT2D eigenvalue weighted by Gasteiger charge is -2.08. The minimum atomic E-state index is -1.34. The number of halogens is 1. The average molecular weight is 267 g/mol. The van der Waals surface area contributed by atoms with Crippen LogP contribution in [0.25, 0.3) is 0 Å². The van der Waals surface area contributed by atoms with Gasteiger partial charge in [-0.05, 0) is 18.9 Å². The van der Waals surface area contributed by atoms with Gasteiger partial charge in [0.05, 0.1) is 0 Å². The van der Waals surface area contributed by atoms with Gasteiger partial charge in [-0.1, -0.05) is 0 Å². The molecule has 0 bridgehead atoms. The predicted octanol–water partition coefficient (Wildman–Crippen LogP) is 0.857. The first-order valence-electron chi connectivity index (χ1n) is 5.99. The fourth-order valence-corrected chi connectivity index (χ4v) is 1.59. The van der Waals surface area contributed by atoms with Crippen LogP contribution in [-0.4, -0.2) is 35.1 Å². The van der Waals surface area contributed by atoms with Crippen LogP contribution < -0.4 is 10.6 Å². The number of nitrogens with one attached hydrogen (secondary N) is 2. The van der Waals surface area contributed by atoms with Crippen LogP contribution in [0.2, 0.25) is 0 Å². The molecule has 1 aromatic rings. The Hall–Kier alpha value is -2.18. The molecule has 1 amide bonds. The van der Waals surface area contributed by atoms with Crippen molar-refractivity contribution in [3.8, 4) is 0 Å². The maximum atomic E-state index is 13.7. The quantitative estimate of drug-likeness (QED) is 0.665. The molecule has 0 aromatic carbocycles. The molecule has 1 aliphatic rings. The zero-order valence-electron chi connectivity index (χ0n) is 10.1. The fourth-order valence-electron chi connectivity index (χ4n) is 1.59. The van der Waals surface area contributed by atoms with Crippen LogP contribution >= 0.6 is 0 Å². The maximum absolute atomic E-state index is 13.7. The number of pyridine rings is 1. The molecule has 0 radical (unpaired) electrons. The molecule has 19 heavy (non-hydrogen) atoms. The lowest BCUT2D eigenvalue weighted by atomic mass is 10.2. The van der Waals surface area contributed by atoms with Gasteiger partial charge in [0.2, 0.25) is 5.91 Å². The molecule has 3 N–H and O–H groups in total. The first-order valence-corrected chi connectivity index (χ1v) is 5.99. The van der Waals surface area contributed by atoms with Crippen molar-refractivity contribution in [2.75, 3.05) is 18.4 Å². The monoisotopic (exact) mass is 267 g/mol. The van der Waals surface area contributed by atoms with E-state index in [1.54, 1.807) is 0 Å². The number of rotatable bonds is 6. The number of hydrogen-bond donors (Lipinski definition) is 3. The summed E-state index contributed by atoms with van der Waals surface area (Å²) in [6, 6.07) is 1.09. The molecule has 102 valence electrons. The minimum Gasteiger partial charge on any atom is -0.478 e. The van der Waals surface area contributed by atoms with Gasteiger partial charge in [0, 0.05) is 25.2 Å². The van der Waals surface area contributed by atoms with E-state index in [2.05, 4.69) is 15.6 Å². The van der Waals surface area contributed by atoms with Crippen LogP contribution in [0.3, 0.4) is 0 Å². The number of carbonyl (C=O) groups is 2. The van der Waals surface area contributed by atoms with Crippen LogP contribution in [0, 0.1) is 11.7 Å². The average Bonchev–Trinajstić information content (AvgIpc) is 3.19. The van der Waals surface area contributed by atoms with Crippen molar-refractivity contribution in [2.45, 2.75) is 12.8 Å². The van der Waals surface area contributed by atoms with Crippen LogP contribution in [0.4, 0.5) is 10.2 Å². The molecule has 1 aliphatic carbocycles. The molecule has 0 unspecified atom stereocenters. The Morgan fingerprint density at radius 2 is 2.16 bits per heavy atom. The van der Waals surface area contributed by atoms with Crippen molar-refractivity contribution in [1.82, 2.24) is 10.3 Å². The van der Waals surface area contributed by atoms with E-state index in [4.69, 9.17) is 5.11 Å². The van der Waals surface area contributed by atoms with Gasteiger partial charge in [-0.25, -0.2) is 14.2 Å². The molecule has 2 rings (SSSR count). The van der Waals surface area contributed by atoms with Crippen molar-refractivity contribution < 1.29 is 19.1 Å². The number of carboxylic acid groups (broad SMARTS) is 1. The molecular weight excluding hydrogens is 253 g/mol. The fraction of sp³-hybridized carbons (Fsp3) is 0.417. The molecule has 1 saturated carbocycles. The zero-order valence-corrected chi connectivity index (χ0v) is 10.1. The highest BCUT2D eigenvalue weighted by atomic mass is 19.1. The Labute approximate surface area is 109 Å². The Morgan fingerprint density at radius 3 is 2.79 bits per heavy atom. The van der Waals surface area contributed by atoms with E-state index in [1.807, 2.05) is 0 Å². The van der Waals surface area contributed by atoms with Gasteiger partial charge in [-0.2, -0.15) is 0 Å². The Kier molecular flexibility index (Phi) is 3.94. The molecular formula is C12H14FN3O3. The van der Waals surface area contributed by atoms with Crippen molar-refractivity contribution in [3.05, 3.63) is 23.6 Å². The Bertz CT molecular complexity index is 503. The summed E-state index contributed by atoms with van der Waals surface area (Å²) in [6.45, 7) is 0.624. The maximum Gasteiger partial charge on any atom is 0.338 e. The second kappa shape index (κ2) is 5.64. The number of carboxylic acids is 1. The van der Waals surface area contributed by atoms with Gasteiger partial charge < -0.3 is 15.7 Å². The van der Waals surface area contributed by atoms with Crippen molar-refractivity contribution in [2.24, 2.45) is 5.92 Å². The molecule has 0 saturated heterocycles. The Balaban J connectivity index is 1.83. The third-order valence-electron chi connectivity index (χ3n) is 2.78. The molecule has 6 nitrogen and oxygen atoms in total. The highest BCUT2D eigenvalue weighted by molar-refractivity contribution is 5.88. The second-order valence-electron chi connectivity index (χ2n) is 4.32. The Morgan fingerprint density at radius 1 is 1.42 bits per heavy atom. The summed E-state index contributed by atoms with van der Waals surface area (Å²) in [5, 5.41) is 14.1. The topological polar surface area (TPSA) is 91.3 Å². The van der Waals surface area contributed by atoms with Gasteiger partial charge >= 0.3 is 5.97 Å². The molecule has 1 heterocycles. The van der Waals surface area contributed by atoms with Crippen molar-refractivity contribution >= 4 is 17.7 Å². The molecule has 0 atom stereocenters. The predicted molar refractivity (Wildman–Crippen MR) is 65.4 cm³/mol. The van der Waals surface area contributed by atoms with E-state index < -0.39 is 17.3 Å². The number of carbonyl (C=O) groups excluding carboxylic acids is 1. The van der Waals surface area contributed by atoms with Crippen LogP contribution in [0.5, 0.6) is 0 Å². The number of aromatic carboxylic acids is 1. The van der Waals surface area contributed by atoms with Crippen molar-refractivity contribution in [3.63, 3.8) is 0 Å². The number of nitrogens with zero attached hydrogens (tertiary/aromatic N) is 1. The lowest BCUT2D eigenvalue weighted by molar-refractivity contribution is -0.122. The summed E-state index contributed by atoms with van der Waals surface area (Å²) in [7, 11) is 0. The van der Waals surface area contributed by atoms with E-state index in [1.165, 1.54) is 6.20 Å². The smallest absolute Gasteiger partial charge is 0.338 e. The van der Waals surface area contributed by atoms with Gasteiger partial charge in [0.15, 0.2) is 11.6 Å². The molecule has 1 fully saturated rings. The zero-order chi connectivity index (χ0) is 13.8. The normalized spacial score (nSPS) is 13.9. The van der Waals surface area contributed by atoms with Gasteiger partial charge in [-0.15, -0.1) is 0 Å². The van der Waals surface area contributed by atoms with Gasteiger partial charge in [-0.3, -0.25) is 4.79 Å². The van der Waals surface area contributed by atoms with E-state index in [0.717, 1.165) is 18.9 Å². The summed E-state index contributed by atoms with van der Waals surface area (Å²) < 4.78 is 13.7. The van der Waals surface area contributed by atoms with Crippen molar-refractivity contribution in [1.29, 1.82) is 0 Å². The summed E-state index contributed by atoms with van der Waals surface area (Å²) >= 11 is 0. The minimum absolute atomic E-state index is 0.00881. The molecule has 1 aromatic heterocycles. The first kappa shape index (κ1) is 13.3. The van der Waals surface area contributed by atoms with E-state index in [0.29, 0.717) is 6.54 Å². The second-order valence-corrected chi connectivity index (χ2v) is 4.32. The number of aromatic nitrogens is 1. The summed E-state index contributed by atoms with van der Waals surface area (Å²) in [5.74, 6) is -2.23. The van der Waals surface area contributed by atoms with E-state index in [-0.39, 0.29) is 24.2 Å². The SMILES string of the molecule is O=C(O)c1ccnc(NCCNC(=O)C2CC2)c1F. The van der Waals surface area contributed by atoms with Crippen LogP contribution in [-0.2, 0) is 4.79 Å². The standard InChI is InChI=1S/C12H14FN3O3/c13-9-8(12(18)19)3-4-14-10(9)15-5-6-16-11(17)7-1-2-7/h3-4,7H,1-2,5-6H2,(H,14,15)(H,16,17)(H,18,19). The van der Waals surface area contributed by atoms with Gasteiger partial charge in [0.1, 0.15) is 5.56 Å². The van der Waals surface area contributed by atoms with Gasteiger partial charge in [0.25, 0.3) is 0 Å². The third-order valence-corrected chi connectivity index (χ3v) is 2.78. The largest absolute Gasteiger partial charge is 0.478 e. The highest BCUT2D eigenvalue weighted by Crippen LogP contribution is 2.28. The first-order chi connectivity index (χ1) is 9.09.